The number of amides is 1. The molecule has 0 bridgehead atoms. The minimum atomic E-state index is -0.730. The van der Waals surface area contributed by atoms with Gasteiger partial charge in [-0.25, -0.2) is 4.98 Å². The van der Waals surface area contributed by atoms with Crippen LogP contribution in [0.1, 0.15) is 30.8 Å². The number of aryl methyl sites for hydroxylation is 1. The molecule has 1 aliphatic heterocycles. The van der Waals surface area contributed by atoms with E-state index in [2.05, 4.69) is 10.3 Å². The molecule has 8 nitrogen and oxygen atoms in total. The highest BCUT2D eigenvalue weighted by atomic mass is 32.2. The van der Waals surface area contributed by atoms with Gasteiger partial charge < -0.3 is 14.8 Å². The molecule has 9 heteroatoms. The first-order valence-corrected chi connectivity index (χ1v) is 11.7. The Morgan fingerprint density at radius 3 is 2.81 bits per heavy atom. The fourth-order valence-electron chi connectivity index (χ4n) is 4.16. The van der Waals surface area contributed by atoms with Gasteiger partial charge in [0.2, 0.25) is 17.1 Å². The molecule has 0 aliphatic carbocycles. The maximum absolute atomic E-state index is 12.8. The first kappa shape index (κ1) is 22.1. The molecule has 2 N–H and O–H groups in total. The Morgan fingerprint density at radius 1 is 1.28 bits per heavy atom. The van der Waals surface area contributed by atoms with Crippen molar-refractivity contribution >= 4 is 28.6 Å². The number of carbonyl (C=O) groups excluding carboxylic acids is 1. The van der Waals surface area contributed by atoms with Crippen LogP contribution in [0.5, 0.6) is 5.75 Å². The zero-order chi connectivity index (χ0) is 22.7. The molecule has 1 amide bonds. The minimum Gasteiger partial charge on any atom is -0.502 e. The van der Waals surface area contributed by atoms with Gasteiger partial charge in [0.1, 0.15) is 5.76 Å². The maximum Gasteiger partial charge on any atom is 0.261 e. The van der Waals surface area contributed by atoms with Crippen molar-refractivity contribution in [1.29, 1.82) is 0 Å². The van der Waals surface area contributed by atoms with Crippen LogP contribution in [0.15, 0.2) is 50.7 Å². The summed E-state index contributed by atoms with van der Waals surface area (Å²) in [6.45, 7) is 2.20. The number of benzene rings is 1. The number of rotatable bonds is 6. The van der Waals surface area contributed by atoms with Gasteiger partial charge in [-0.1, -0.05) is 12.1 Å². The zero-order valence-corrected chi connectivity index (χ0v) is 18.6. The number of nitrogens with one attached hydrogen (secondary N) is 1. The molecule has 32 heavy (non-hydrogen) atoms. The Morgan fingerprint density at radius 2 is 2.03 bits per heavy atom. The Bertz CT molecular complexity index is 1260. The number of aromatic nitrogens is 2. The van der Waals surface area contributed by atoms with Crippen LogP contribution in [0.4, 0.5) is 0 Å². The van der Waals surface area contributed by atoms with E-state index in [0.717, 1.165) is 11.5 Å². The molecule has 0 spiro atoms. The van der Waals surface area contributed by atoms with Gasteiger partial charge in [0.15, 0.2) is 5.76 Å². The van der Waals surface area contributed by atoms with E-state index in [1.807, 2.05) is 6.07 Å². The number of fused-ring (bicyclic) bond motifs is 1. The lowest BCUT2D eigenvalue weighted by molar-refractivity contribution is -0.122. The van der Waals surface area contributed by atoms with E-state index < -0.39 is 16.6 Å². The van der Waals surface area contributed by atoms with Crippen molar-refractivity contribution in [2.45, 2.75) is 38.1 Å². The molecule has 1 aliphatic rings. The molecule has 0 atom stereocenters. The van der Waals surface area contributed by atoms with Crippen molar-refractivity contribution in [2.75, 3.05) is 18.1 Å². The summed E-state index contributed by atoms with van der Waals surface area (Å²) >= 11 is 1.77. The van der Waals surface area contributed by atoms with E-state index in [0.29, 0.717) is 29.5 Å². The second kappa shape index (κ2) is 9.20. The van der Waals surface area contributed by atoms with Crippen molar-refractivity contribution < 1.29 is 14.3 Å². The van der Waals surface area contributed by atoms with E-state index in [9.17, 15) is 19.5 Å². The SMILES string of the molecule is Cc1cc(=O)c(O)c(C2(CC(=O)NCCn3cnc4ccccc4c3=O)CCSCC2)o1. The molecule has 1 saturated heterocycles. The highest BCUT2D eigenvalue weighted by molar-refractivity contribution is 7.99. The van der Waals surface area contributed by atoms with Crippen LogP contribution in [0.3, 0.4) is 0 Å². The van der Waals surface area contributed by atoms with Gasteiger partial charge in [-0.3, -0.25) is 19.0 Å². The number of hydrogen-bond acceptors (Lipinski definition) is 7. The fraction of sp³-hybridized carbons (Fsp3) is 0.391. The number of carbonyl (C=O) groups is 1. The highest BCUT2D eigenvalue weighted by Gasteiger charge is 2.41. The summed E-state index contributed by atoms with van der Waals surface area (Å²) in [6.07, 6.45) is 2.83. The van der Waals surface area contributed by atoms with Gasteiger partial charge in [0, 0.05) is 31.0 Å². The number of aromatic hydroxyl groups is 1. The third-order valence-electron chi connectivity index (χ3n) is 5.88. The van der Waals surface area contributed by atoms with E-state index in [1.54, 1.807) is 36.9 Å². The quantitative estimate of drug-likeness (QED) is 0.586. The molecule has 3 heterocycles. The van der Waals surface area contributed by atoms with Gasteiger partial charge in [-0.05, 0) is 43.4 Å². The Hall–Kier alpha value is -3.07. The standard InChI is InChI=1S/C23H25N3O5S/c1-15-12-18(27)20(29)21(31-15)23(6-10-32-11-7-23)13-19(28)24-8-9-26-14-25-17-5-3-2-4-16(17)22(26)30/h2-5,12,14,29H,6-11,13H2,1H3,(H,24,28). The van der Waals surface area contributed by atoms with Crippen LogP contribution < -0.4 is 16.3 Å². The first-order chi connectivity index (χ1) is 15.4. The topological polar surface area (TPSA) is 114 Å². The summed E-state index contributed by atoms with van der Waals surface area (Å²) in [5.74, 6) is 1.59. The summed E-state index contributed by atoms with van der Waals surface area (Å²) < 4.78 is 7.24. The molecule has 4 rings (SSSR count). The monoisotopic (exact) mass is 455 g/mol. The molecule has 0 unspecified atom stereocenters. The molecule has 0 saturated carbocycles. The zero-order valence-electron chi connectivity index (χ0n) is 17.8. The molecular formula is C23H25N3O5S. The van der Waals surface area contributed by atoms with Gasteiger partial charge >= 0.3 is 0 Å². The van der Waals surface area contributed by atoms with Crippen molar-refractivity contribution in [3.05, 3.63) is 68.8 Å². The number of hydrogen-bond donors (Lipinski definition) is 2. The molecule has 1 fully saturated rings. The third kappa shape index (κ3) is 4.43. The normalized spacial score (nSPS) is 15.5. The van der Waals surface area contributed by atoms with Crippen LogP contribution in [0.2, 0.25) is 0 Å². The Balaban J connectivity index is 1.48. The van der Waals surface area contributed by atoms with Crippen LogP contribution in [0.25, 0.3) is 10.9 Å². The second-order valence-corrected chi connectivity index (χ2v) is 9.30. The van der Waals surface area contributed by atoms with Gasteiger partial charge in [0.05, 0.1) is 17.2 Å². The van der Waals surface area contributed by atoms with Gasteiger partial charge in [-0.2, -0.15) is 11.8 Å². The average Bonchev–Trinajstić information content (AvgIpc) is 2.78. The fourth-order valence-corrected chi connectivity index (χ4v) is 5.43. The maximum atomic E-state index is 12.8. The van der Waals surface area contributed by atoms with E-state index >= 15 is 0 Å². The predicted molar refractivity (Wildman–Crippen MR) is 123 cm³/mol. The smallest absolute Gasteiger partial charge is 0.261 e. The molecular weight excluding hydrogens is 430 g/mol. The lowest BCUT2D eigenvalue weighted by Crippen LogP contribution is -2.39. The number of nitrogens with zero attached hydrogens (tertiary/aromatic N) is 2. The van der Waals surface area contributed by atoms with E-state index in [1.165, 1.54) is 17.0 Å². The Labute approximate surface area is 188 Å². The summed E-state index contributed by atoms with van der Waals surface area (Å²) in [7, 11) is 0. The summed E-state index contributed by atoms with van der Waals surface area (Å²) in [5, 5.41) is 13.8. The van der Waals surface area contributed by atoms with Crippen LogP contribution in [0, 0.1) is 6.92 Å². The summed E-state index contributed by atoms with van der Waals surface area (Å²) in [5.41, 5.74) is -0.747. The minimum absolute atomic E-state index is 0.0956. The third-order valence-corrected chi connectivity index (χ3v) is 6.87. The van der Waals surface area contributed by atoms with Crippen LogP contribution >= 0.6 is 11.8 Å². The molecule has 2 aromatic heterocycles. The average molecular weight is 456 g/mol. The van der Waals surface area contributed by atoms with Gasteiger partial charge in [-0.15, -0.1) is 0 Å². The number of thioether (sulfide) groups is 1. The molecule has 1 aromatic carbocycles. The van der Waals surface area contributed by atoms with Gasteiger partial charge in [0.25, 0.3) is 5.56 Å². The summed E-state index contributed by atoms with van der Waals surface area (Å²) in [4.78, 5) is 41.9. The first-order valence-electron chi connectivity index (χ1n) is 10.5. The highest BCUT2D eigenvalue weighted by Crippen LogP contribution is 2.43. The van der Waals surface area contributed by atoms with Crippen molar-refractivity contribution in [3.63, 3.8) is 0 Å². The van der Waals surface area contributed by atoms with Crippen LogP contribution in [-0.4, -0.2) is 38.6 Å². The lowest BCUT2D eigenvalue weighted by atomic mass is 9.75. The predicted octanol–water partition coefficient (Wildman–Crippen LogP) is 2.34. The van der Waals surface area contributed by atoms with E-state index in [-0.39, 0.29) is 36.7 Å². The largest absolute Gasteiger partial charge is 0.502 e. The van der Waals surface area contributed by atoms with E-state index in [4.69, 9.17) is 4.42 Å². The van der Waals surface area contributed by atoms with Crippen molar-refractivity contribution in [1.82, 2.24) is 14.9 Å². The molecule has 0 radical (unpaired) electrons. The lowest BCUT2D eigenvalue weighted by Gasteiger charge is -2.35. The van der Waals surface area contributed by atoms with Crippen molar-refractivity contribution in [3.8, 4) is 5.75 Å². The number of para-hydroxylation sites is 1. The van der Waals surface area contributed by atoms with Crippen molar-refractivity contribution in [2.24, 2.45) is 0 Å². The Kier molecular flexibility index (Phi) is 6.36. The second-order valence-electron chi connectivity index (χ2n) is 8.08. The van der Waals surface area contributed by atoms with Crippen LogP contribution in [-0.2, 0) is 16.8 Å². The summed E-state index contributed by atoms with van der Waals surface area (Å²) in [6, 6.07) is 8.38. The molecule has 3 aromatic rings. The molecule has 168 valence electrons.